The lowest BCUT2D eigenvalue weighted by atomic mass is 10.1. The summed E-state index contributed by atoms with van der Waals surface area (Å²) in [6, 6.07) is 7.45. The maximum absolute atomic E-state index is 10.7. The fourth-order valence-electron chi connectivity index (χ4n) is 1.30. The molecule has 0 radical (unpaired) electrons. The van der Waals surface area contributed by atoms with Gasteiger partial charge in [-0.25, -0.2) is 0 Å². The molecule has 0 saturated carbocycles. The Hall–Kier alpha value is -0.930. The number of aldehydes is 1. The maximum atomic E-state index is 10.7. The van der Waals surface area contributed by atoms with Crippen molar-refractivity contribution in [3.05, 3.63) is 32.2 Å². The summed E-state index contributed by atoms with van der Waals surface area (Å²) >= 11 is 3.73. The van der Waals surface area contributed by atoms with Crippen LogP contribution in [0, 0.1) is 14.2 Å². The molecule has 2 rings (SSSR count). The number of thiophene rings is 1. The van der Waals surface area contributed by atoms with Crippen molar-refractivity contribution in [2.75, 3.05) is 0 Å². The largest absolute Gasteiger partial charge is 0.298 e. The molecule has 14 heavy (non-hydrogen) atoms. The number of hydrogen-bond acceptors (Lipinski definition) is 3. The minimum atomic E-state index is 0.638. The molecule has 1 heterocycles. The Kier molecular flexibility index (Phi) is 2.52. The fraction of sp³-hybridized carbons (Fsp3) is 0. The highest BCUT2D eigenvalue weighted by Gasteiger charge is 2.08. The lowest BCUT2D eigenvalue weighted by Crippen LogP contribution is -1.82. The van der Waals surface area contributed by atoms with Crippen molar-refractivity contribution in [3.8, 4) is 6.07 Å². The Labute approximate surface area is 98.3 Å². The summed E-state index contributed by atoms with van der Waals surface area (Å²) in [5.74, 6) is 0. The van der Waals surface area contributed by atoms with Crippen molar-refractivity contribution < 1.29 is 4.79 Å². The van der Waals surface area contributed by atoms with Gasteiger partial charge in [-0.15, -0.1) is 11.3 Å². The Balaban J connectivity index is 2.92. The number of benzene rings is 1. The molecule has 2 nitrogen and oxygen atoms in total. The molecule has 4 heteroatoms. The van der Waals surface area contributed by atoms with Crippen molar-refractivity contribution in [1.82, 2.24) is 0 Å². The van der Waals surface area contributed by atoms with Crippen LogP contribution in [0.3, 0.4) is 0 Å². The van der Waals surface area contributed by atoms with Gasteiger partial charge in [0.05, 0.1) is 13.1 Å². The zero-order valence-electron chi connectivity index (χ0n) is 6.95. The van der Waals surface area contributed by atoms with E-state index in [9.17, 15) is 4.79 Å². The quantitative estimate of drug-likeness (QED) is 0.599. The molecular weight excluding hydrogens is 309 g/mol. The third-order valence-corrected chi connectivity index (χ3v) is 3.86. The van der Waals surface area contributed by atoms with E-state index in [1.807, 2.05) is 6.07 Å². The summed E-state index contributed by atoms with van der Waals surface area (Å²) < 4.78 is 1.99. The van der Waals surface area contributed by atoms with Crippen molar-refractivity contribution in [3.63, 3.8) is 0 Å². The number of carbonyl (C=O) groups is 1. The predicted molar refractivity (Wildman–Crippen MR) is 64.6 cm³/mol. The highest BCUT2D eigenvalue weighted by atomic mass is 127. The molecule has 0 aliphatic carbocycles. The minimum absolute atomic E-state index is 0.638. The van der Waals surface area contributed by atoms with E-state index in [0.717, 1.165) is 19.3 Å². The van der Waals surface area contributed by atoms with E-state index in [1.165, 1.54) is 11.3 Å². The van der Waals surface area contributed by atoms with Crippen molar-refractivity contribution in [2.24, 2.45) is 0 Å². The molecule has 0 unspecified atom stereocenters. The Morgan fingerprint density at radius 3 is 2.93 bits per heavy atom. The molecule has 0 bridgehead atoms. The number of hydrogen-bond donors (Lipinski definition) is 0. The van der Waals surface area contributed by atoms with Gasteiger partial charge in [0.1, 0.15) is 6.07 Å². The van der Waals surface area contributed by atoms with E-state index in [4.69, 9.17) is 5.26 Å². The van der Waals surface area contributed by atoms with E-state index in [2.05, 4.69) is 28.7 Å². The topological polar surface area (TPSA) is 40.9 Å². The van der Waals surface area contributed by atoms with Gasteiger partial charge in [0.2, 0.25) is 0 Å². The van der Waals surface area contributed by atoms with Crippen LogP contribution in [0.25, 0.3) is 10.1 Å². The van der Waals surface area contributed by atoms with Crippen molar-refractivity contribution in [1.29, 1.82) is 5.26 Å². The molecule has 0 saturated heterocycles. The van der Waals surface area contributed by atoms with Crippen LogP contribution in [0.15, 0.2) is 18.2 Å². The molecule has 1 aromatic carbocycles. The standard InChI is InChI=1S/C10H4INOS/c11-9-3-8-7(5-13)2-1-6(4-12)10(8)14-9/h1-3,5H. The van der Waals surface area contributed by atoms with Gasteiger partial charge in [-0.2, -0.15) is 5.26 Å². The lowest BCUT2D eigenvalue weighted by molar-refractivity contribution is 0.112. The molecule has 0 aliphatic rings. The molecular formula is C10H4INOS. The molecule has 68 valence electrons. The zero-order valence-corrected chi connectivity index (χ0v) is 9.93. The SMILES string of the molecule is N#Cc1ccc(C=O)c2cc(I)sc12. The van der Waals surface area contributed by atoms with Crippen molar-refractivity contribution in [2.45, 2.75) is 0 Å². The molecule has 0 aliphatic heterocycles. The van der Waals surface area contributed by atoms with Gasteiger partial charge < -0.3 is 0 Å². The third-order valence-electron chi connectivity index (χ3n) is 1.93. The monoisotopic (exact) mass is 313 g/mol. The van der Waals surface area contributed by atoms with Crippen LogP contribution in [0.4, 0.5) is 0 Å². The first-order valence-corrected chi connectivity index (χ1v) is 5.73. The first kappa shape index (κ1) is 9.62. The van der Waals surface area contributed by atoms with E-state index in [-0.39, 0.29) is 0 Å². The number of nitriles is 1. The number of fused-ring (bicyclic) bond motifs is 1. The molecule has 1 aromatic heterocycles. The lowest BCUT2D eigenvalue weighted by Gasteiger charge is -1.95. The molecule has 2 aromatic rings. The average molecular weight is 313 g/mol. The van der Waals surface area contributed by atoms with Crippen LogP contribution in [0.5, 0.6) is 0 Å². The molecule has 0 amide bonds. The van der Waals surface area contributed by atoms with Gasteiger partial charge in [0, 0.05) is 10.9 Å². The fourth-order valence-corrected chi connectivity index (χ4v) is 3.16. The molecule has 0 atom stereocenters. The highest BCUT2D eigenvalue weighted by molar-refractivity contribution is 14.1. The number of halogens is 1. The summed E-state index contributed by atoms with van der Waals surface area (Å²) in [4.78, 5) is 10.7. The first-order chi connectivity index (χ1) is 6.76. The van der Waals surface area contributed by atoms with Gasteiger partial charge in [0.15, 0.2) is 6.29 Å². The molecule has 0 N–H and O–H groups in total. The van der Waals surface area contributed by atoms with Crippen LogP contribution in [0.1, 0.15) is 15.9 Å². The van der Waals surface area contributed by atoms with Gasteiger partial charge in [-0.05, 0) is 40.8 Å². The van der Waals surface area contributed by atoms with E-state index >= 15 is 0 Å². The number of nitrogens with zero attached hydrogens (tertiary/aromatic N) is 1. The number of carbonyl (C=O) groups excluding carboxylic acids is 1. The second kappa shape index (κ2) is 3.67. The zero-order chi connectivity index (χ0) is 10.1. The maximum Gasteiger partial charge on any atom is 0.150 e. The average Bonchev–Trinajstić information content (AvgIpc) is 2.57. The molecule has 0 spiro atoms. The van der Waals surface area contributed by atoms with E-state index < -0.39 is 0 Å². The van der Waals surface area contributed by atoms with Crippen LogP contribution >= 0.6 is 33.9 Å². The Morgan fingerprint density at radius 1 is 1.50 bits per heavy atom. The van der Waals surface area contributed by atoms with E-state index in [0.29, 0.717) is 11.1 Å². The van der Waals surface area contributed by atoms with Gasteiger partial charge in [-0.1, -0.05) is 0 Å². The summed E-state index contributed by atoms with van der Waals surface area (Å²) in [5.41, 5.74) is 1.29. The smallest absolute Gasteiger partial charge is 0.150 e. The third kappa shape index (κ3) is 1.42. The van der Waals surface area contributed by atoms with Crippen LogP contribution in [0.2, 0.25) is 0 Å². The first-order valence-electron chi connectivity index (χ1n) is 3.83. The van der Waals surface area contributed by atoms with Gasteiger partial charge in [-0.3, -0.25) is 4.79 Å². The second-order valence-corrected chi connectivity index (χ2v) is 5.67. The summed E-state index contributed by atoms with van der Waals surface area (Å²) in [6.07, 6.45) is 0.826. The van der Waals surface area contributed by atoms with Crippen molar-refractivity contribution >= 4 is 50.3 Å². The van der Waals surface area contributed by atoms with Crippen LogP contribution in [-0.4, -0.2) is 6.29 Å². The van der Waals surface area contributed by atoms with Crippen LogP contribution < -0.4 is 0 Å². The summed E-state index contributed by atoms with van der Waals surface area (Å²) in [6.45, 7) is 0. The van der Waals surface area contributed by atoms with Gasteiger partial charge >= 0.3 is 0 Å². The Bertz CT molecular complexity index is 553. The van der Waals surface area contributed by atoms with Crippen LogP contribution in [-0.2, 0) is 0 Å². The second-order valence-electron chi connectivity index (χ2n) is 2.73. The Morgan fingerprint density at radius 2 is 2.29 bits per heavy atom. The molecule has 0 fully saturated rings. The van der Waals surface area contributed by atoms with E-state index in [1.54, 1.807) is 12.1 Å². The summed E-state index contributed by atoms with van der Waals surface area (Å²) in [5, 5.41) is 9.76. The number of rotatable bonds is 1. The predicted octanol–water partition coefficient (Wildman–Crippen LogP) is 3.19. The van der Waals surface area contributed by atoms with Gasteiger partial charge in [0.25, 0.3) is 0 Å². The summed E-state index contributed by atoms with van der Waals surface area (Å²) in [7, 11) is 0. The highest BCUT2D eigenvalue weighted by Crippen LogP contribution is 2.31. The normalized spacial score (nSPS) is 10.0. The minimum Gasteiger partial charge on any atom is -0.298 e.